The second-order valence-electron chi connectivity index (χ2n) is 5.03. The highest BCUT2D eigenvalue weighted by Crippen LogP contribution is 2.24. The average molecular weight is 308 g/mol. The molecule has 0 aliphatic heterocycles. The van der Waals surface area contributed by atoms with E-state index in [9.17, 15) is 4.79 Å². The summed E-state index contributed by atoms with van der Waals surface area (Å²) in [5, 5.41) is 3.98. The maximum absolute atomic E-state index is 12.4. The van der Waals surface area contributed by atoms with E-state index in [0.29, 0.717) is 17.0 Å². The molecule has 0 aliphatic carbocycles. The van der Waals surface area contributed by atoms with E-state index >= 15 is 0 Å². The highest BCUT2D eigenvalue weighted by molar-refractivity contribution is 6.00. The smallest absolute Gasteiger partial charge is 0.280 e. The Morgan fingerprint density at radius 3 is 2.43 bits per heavy atom. The zero-order valence-electron chi connectivity index (χ0n) is 12.7. The minimum atomic E-state index is -0.376. The highest BCUT2D eigenvalue weighted by atomic mass is 16.6. The molecule has 0 spiro atoms. The van der Waals surface area contributed by atoms with Crippen LogP contribution in [-0.4, -0.2) is 11.1 Å². The van der Waals surface area contributed by atoms with Crippen LogP contribution in [0.25, 0.3) is 11.3 Å². The number of hydrogen-bond donors (Lipinski definition) is 1. The van der Waals surface area contributed by atoms with Crippen LogP contribution in [0.2, 0.25) is 0 Å². The molecule has 0 aliphatic rings. The van der Waals surface area contributed by atoms with Crippen LogP contribution in [0.4, 0.5) is 0 Å². The first-order valence-electron chi connectivity index (χ1n) is 7.23. The fourth-order valence-electron chi connectivity index (χ4n) is 2.24. The summed E-state index contributed by atoms with van der Waals surface area (Å²) in [5.74, 6) is 0.0724. The fourth-order valence-corrected chi connectivity index (χ4v) is 2.24. The van der Waals surface area contributed by atoms with Crippen molar-refractivity contribution < 1.29 is 14.2 Å². The Morgan fingerprint density at radius 1 is 1.09 bits per heavy atom. The lowest BCUT2D eigenvalue weighted by molar-refractivity contribution is 0.0233. The van der Waals surface area contributed by atoms with Crippen molar-refractivity contribution in [3.05, 3.63) is 77.6 Å². The van der Waals surface area contributed by atoms with Gasteiger partial charge < -0.3 is 4.52 Å². The van der Waals surface area contributed by atoms with Crippen LogP contribution in [0.15, 0.2) is 65.2 Å². The van der Waals surface area contributed by atoms with E-state index in [4.69, 9.17) is 9.36 Å². The summed E-state index contributed by atoms with van der Waals surface area (Å²) in [4.78, 5) is 17.7. The molecule has 3 aromatic rings. The fraction of sp³-hybridized carbons (Fsp3) is 0.111. The van der Waals surface area contributed by atoms with E-state index in [0.717, 1.165) is 11.1 Å². The minimum Gasteiger partial charge on any atom is -0.360 e. The monoisotopic (exact) mass is 308 g/mol. The molecule has 5 nitrogen and oxygen atoms in total. The summed E-state index contributed by atoms with van der Waals surface area (Å²) in [7, 11) is 0. The molecule has 116 valence electrons. The van der Waals surface area contributed by atoms with Gasteiger partial charge in [0, 0.05) is 5.56 Å². The van der Waals surface area contributed by atoms with Crippen LogP contribution in [0.5, 0.6) is 0 Å². The van der Waals surface area contributed by atoms with Crippen LogP contribution in [0.3, 0.4) is 0 Å². The number of carbonyl (C=O) groups excluding carboxylic acids is 1. The van der Waals surface area contributed by atoms with Crippen LogP contribution >= 0.6 is 0 Å². The Hall–Kier alpha value is -2.92. The zero-order valence-corrected chi connectivity index (χ0v) is 12.7. The van der Waals surface area contributed by atoms with Crippen molar-refractivity contribution in [2.75, 3.05) is 0 Å². The molecule has 0 saturated carbocycles. The third kappa shape index (κ3) is 3.46. The van der Waals surface area contributed by atoms with Gasteiger partial charge in [0.2, 0.25) is 0 Å². The van der Waals surface area contributed by atoms with E-state index in [1.54, 1.807) is 6.92 Å². The molecule has 5 heteroatoms. The first-order chi connectivity index (χ1) is 11.3. The second kappa shape index (κ2) is 6.89. The highest BCUT2D eigenvalue weighted by Gasteiger charge is 2.21. The van der Waals surface area contributed by atoms with Crippen molar-refractivity contribution in [2.45, 2.75) is 13.5 Å². The Bertz CT molecular complexity index is 783. The molecular weight excluding hydrogens is 292 g/mol. The first-order valence-corrected chi connectivity index (χ1v) is 7.23. The molecule has 0 atom stereocenters. The van der Waals surface area contributed by atoms with Gasteiger partial charge in [0.25, 0.3) is 5.91 Å². The van der Waals surface area contributed by atoms with Crippen molar-refractivity contribution in [3.63, 3.8) is 0 Å². The van der Waals surface area contributed by atoms with Gasteiger partial charge in [-0.25, -0.2) is 5.48 Å². The van der Waals surface area contributed by atoms with Crippen molar-refractivity contribution in [1.29, 1.82) is 0 Å². The van der Waals surface area contributed by atoms with Crippen molar-refractivity contribution >= 4 is 5.91 Å². The number of amides is 1. The topological polar surface area (TPSA) is 64.4 Å². The molecule has 0 saturated heterocycles. The third-order valence-corrected chi connectivity index (χ3v) is 3.38. The van der Waals surface area contributed by atoms with Gasteiger partial charge in [-0.15, -0.1) is 0 Å². The van der Waals surface area contributed by atoms with Gasteiger partial charge in [-0.05, 0) is 12.5 Å². The van der Waals surface area contributed by atoms with Crippen LogP contribution in [0.1, 0.15) is 21.7 Å². The summed E-state index contributed by atoms with van der Waals surface area (Å²) in [6, 6.07) is 19.0. The quantitative estimate of drug-likeness (QED) is 0.733. The van der Waals surface area contributed by atoms with E-state index in [1.807, 2.05) is 60.7 Å². The number of hydroxylamine groups is 1. The van der Waals surface area contributed by atoms with Gasteiger partial charge in [0.15, 0.2) is 0 Å². The lowest BCUT2D eigenvalue weighted by atomic mass is 10.1. The summed E-state index contributed by atoms with van der Waals surface area (Å²) < 4.78 is 5.17. The van der Waals surface area contributed by atoms with Gasteiger partial charge in [0.05, 0.1) is 6.61 Å². The number of rotatable bonds is 5. The Kier molecular flexibility index (Phi) is 4.49. The number of aromatic nitrogens is 1. The first kappa shape index (κ1) is 15.0. The van der Waals surface area contributed by atoms with Crippen molar-refractivity contribution in [2.24, 2.45) is 0 Å². The van der Waals surface area contributed by atoms with Gasteiger partial charge in [-0.2, -0.15) is 0 Å². The Balaban J connectivity index is 1.71. The predicted octanol–water partition coefficient (Wildman–Crippen LogP) is 3.51. The number of hydrogen-bond acceptors (Lipinski definition) is 4. The molecule has 2 aromatic carbocycles. The third-order valence-electron chi connectivity index (χ3n) is 3.38. The average Bonchev–Trinajstić information content (AvgIpc) is 2.98. The second-order valence-corrected chi connectivity index (χ2v) is 5.03. The molecule has 23 heavy (non-hydrogen) atoms. The molecule has 0 radical (unpaired) electrons. The van der Waals surface area contributed by atoms with Gasteiger partial charge in [0.1, 0.15) is 17.0 Å². The standard InChI is InChI=1S/C18H16N2O3/c1-13-16(17(19-23-13)15-10-6-3-7-11-15)18(21)20-22-12-14-8-4-2-5-9-14/h2-11H,12H2,1H3,(H,20,21). The molecule has 3 rings (SSSR count). The van der Waals surface area contributed by atoms with Gasteiger partial charge >= 0.3 is 0 Å². The number of carbonyl (C=O) groups is 1. The molecule has 0 unspecified atom stereocenters. The molecule has 1 aromatic heterocycles. The molecule has 1 N–H and O–H groups in total. The Morgan fingerprint density at radius 2 is 1.74 bits per heavy atom. The number of nitrogens with one attached hydrogen (secondary N) is 1. The van der Waals surface area contributed by atoms with Crippen LogP contribution in [-0.2, 0) is 11.4 Å². The van der Waals surface area contributed by atoms with E-state index in [2.05, 4.69) is 10.6 Å². The number of benzene rings is 2. The SMILES string of the molecule is Cc1onc(-c2ccccc2)c1C(=O)NOCc1ccccc1. The summed E-state index contributed by atoms with van der Waals surface area (Å²) in [5.41, 5.74) is 5.12. The largest absolute Gasteiger partial charge is 0.360 e. The van der Waals surface area contributed by atoms with Gasteiger partial charge in [-0.3, -0.25) is 9.63 Å². The maximum atomic E-state index is 12.4. The lowest BCUT2D eigenvalue weighted by Gasteiger charge is -2.06. The summed E-state index contributed by atoms with van der Waals surface area (Å²) >= 11 is 0. The van der Waals surface area contributed by atoms with E-state index < -0.39 is 0 Å². The summed E-state index contributed by atoms with van der Waals surface area (Å²) in [6.07, 6.45) is 0. The molecular formula is C18H16N2O3. The molecule has 1 heterocycles. The predicted molar refractivity (Wildman–Crippen MR) is 85.4 cm³/mol. The van der Waals surface area contributed by atoms with E-state index in [1.165, 1.54) is 0 Å². The molecule has 0 fully saturated rings. The van der Waals surface area contributed by atoms with E-state index in [-0.39, 0.29) is 12.5 Å². The molecule has 0 bridgehead atoms. The summed E-state index contributed by atoms with van der Waals surface area (Å²) in [6.45, 7) is 1.99. The maximum Gasteiger partial charge on any atom is 0.280 e. The van der Waals surface area contributed by atoms with Crippen LogP contribution in [0, 0.1) is 6.92 Å². The minimum absolute atomic E-state index is 0.289. The van der Waals surface area contributed by atoms with Crippen molar-refractivity contribution in [1.82, 2.24) is 10.6 Å². The van der Waals surface area contributed by atoms with Crippen LogP contribution < -0.4 is 5.48 Å². The Labute approximate surface area is 133 Å². The lowest BCUT2D eigenvalue weighted by Crippen LogP contribution is -2.24. The number of nitrogens with zero attached hydrogens (tertiary/aromatic N) is 1. The van der Waals surface area contributed by atoms with Crippen molar-refractivity contribution in [3.8, 4) is 11.3 Å². The number of aryl methyl sites for hydroxylation is 1. The zero-order chi connectivity index (χ0) is 16.1. The molecule has 1 amide bonds. The van der Waals surface area contributed by atoms with Gasteiger partial charge in [-0.1, -0.05) is 65.8 Å². The normalized spacial score (nSPS) is 10.5.